The minimum atomic E-state index is 0.714. The van der Waals surface area contributed by atoms with Gasteiger partial charge in [-0.15, -0.1) is 0 Å². The van der Waals surface area contributed by atoms with Gasteiger partial charge in [0.2, 0.25) is 0 Å². The monoisotopic (exact) mass is 662 g/mol. The van der Waals surface area contributed by atoms with Crippen molar-refractivity contribution in [3.05, 3.63) is 182 Å². The maximum absolute atomic E-state index is 5.21. The highest BCUT2D eigenvalue weighted by Gasteiger charge is 2.19. The molecule has 11 aromatic rings. The van der Waals surface area contributed by atoms with E-state index >= 15 is 0 Å². The lowest BCUT2D eigenvalue weighted by molar-refractivity contribution is 1.17. The van der Waals surface area contributed by atoms with Gasteiger partial charge in [-0.2, -0.15) is 0 Å². The summed E-state index contributed by atoms with van der Waals surface area (Å²) in [5.74, 6) is 0.714. The molecule has 11 rings (SSSR count). The van der Waals surface area contributed by atoms with E-state index in [1.165, 1.54) is 54.4 Å². The number of nitrogens with zero attached hydrogens (tertiary/aromatic N) is 4. The van der Waals surface area contributed by atoms with Gasteiger partial charge in [-0.1, -0.05) is 109 Å². The molecule has 3 heterocycles. The van der Waals surface area contributed by atoms with E-state index in [1.807, 2.05) is 6.07 Å². The first-order chi connectivity index (χ1) is 25.8. The van der Waals surface area contributed by atoms with Crippen LogP contribution in [0.1, 0.15) is 0 Å². The van der Waals surface area contributed by atoms with Crippen LogP contribution < -0.4 is 0 Å². The fourth-order valence-electron chi connectivity index (χ4n) is 8.09. The lowest BCUT2D eigenvalue weighted by atomic mass is 10.0. The van der Waals surface area contributed by atoms with Crippen molar-refractivity contribution < 1.29 is 0 Å². The minimum Gasteiger partial charge on any atom is -0.309 e. The molecule has 52 heavy (non-hydrogen) atoms. The van der Waals surface area contributed by atoms with Gasteiger partial charge in [-0.3, -0.25) is 0 Å². The highest BCUT2D eigenvalue weighted by atomic mass is 15.0. The first-order valence-corrected chi connectivity index (χ1v) is 17.7. The van der Waals surface area contributed by atoms with Gasteiger partial charge in [0.05, 0.1) is 33.3 Å². The van der Waals surface area contributed by atoms with Gasteiger partial charge in [0.15, 0.2) is 5.82 Å². The predicted octanol–water partition coefficient (Wildman–Crippen LogP) is 12.3. The summed E-state index contributed by atoms with van der Waals surface area (Å²) >= 11 is 0. The largest absolute Gasteiger partial charge is 0.309 e. The lowest BCUT2D eigenvalue weighted by Crippen LogP contribution is -1.97. The van der Waals surface area contributed by atoms with E-state index in [2.05, 4.69) is 185 Å². The van der Waals surface area contributed by atoms with Crippen molar-refractivity contribution in [1.82, 2.24) is 19.1 Å². The standard InChI is InChI=1S/C48H30N4/c1-2-14-35(15-3-1)51-43-20-10-7-16-37(43)40-30-46-41(29-45(40)51)38-17-8-11-21-44(38)52(46)36-26-24-32(25-27-36)48-49-42-19-9-6-18-39(42)47(50-48)34-23-22-31-12-4-5-13-33(31)28-34/h1-30H. The maximum atomic E-state index is 5.21. The normalized spacial score (nSPS) is 11.8. The first kappa shape index (κ1) is 28.8. The number of benzene rings is 8. The van der Waals surface area contributed by atoms with Gasteiger partial charge in [-0.25, -0.2) is 9.97 Å². The Kier molecular flexibility index (Phi) is 6.22. The van der Waals surface area contributed by atoms with Crippen molar-refractivity contribution in [3.63, 3.8) is 0 Å². The average molecular weight is 663 g/mol. The second-order valence-corrected chi connectivity index (χ2v) is 13.4. The van der Waals surface area contributed by atoms with E-state index in [1.54, 1.807) is 0 Å². The maximum Gasteiger partial charge on any atom is 0.160 e. The molecule has 3 aromatic heterocycles. The molecule has 0 aliphatic heterocycles. The number of hydrogen-bond acceptors (Lipinski definition) is 2. The Hall–Kier alpha value is -7.04. The van der Waals surface area contributed by atoms with Crippen LogP contribution in [0.4, 0.5) is 0 Å². The summed E-state index contributed by atoms with van der Waals surface area (Å²) in [6, 6.07) is 64.9. The molecule has 8 aromatic carbocycles. The Bertz CT molecular complexity index is 3170. The highest BCUT2D eigenvalue weighted by molar-refractivity contribution is 6.19. The van der Waals surface area contributed by atoms with Crippen LogP contribution in [0.3, 0.4) is 0 Å². The molecule has 0 aliphatic carbocycles. The van der Waals surface area contributed by atoms with E-state index < -0.39 is 0 Å². The molecule has 0 saturated heterocycles. The summed E-state index contributed by atoms with van der Waals surface area (Å²) in [7, 11) is 0. The Balaban J connectivity index is 1.09. The molecule has 0 saturated carbocycles. The zero-order valence-corrected chi connectivity index (χ0v) is 28.1. The van der Waals surface area contributed by atoms with Crippen molar-refractivity contribution >= 4 is 65.3 Å². The third kappa shape index (κ3) is 4.34. The van der Waals surface area contributed by atoms with E-state index in [0.29, 0.717) is 5.82 Å². The van der Waals surface area contributed by atoms with Crippen LogP contribution >= 0.6 is 0 Å². The lowest BCUT2D eigenvalue weighted by Gasteiger charge is -2.12. The van der Waals surface area contributed by atoms with E-state index in [9.17, 15) is 0 Å². The van der Waals surface area contributed by atoms with Crippen LogP contribution in [-0.4, -0.2) is 19.1 Å². The van der Waals surface area contributed by atoms with E-state index in [0.717, 1.165) is 39.1 Å². The van der Waals surface area contributed by atoms with E-state index in [4.69, 9.17) is 9.97 Å². The zero-order valence-electron chi connectivity index (χ0n) is 28.1. The zero-order chi connectivity index (χ0) is 34.2. The molecule has 0 atom stereocenters. The highest BCUT2D eigenvalue weighted by Crippen LogP contribution is 2.40. The summed E-state index contributed by atoms with van der Waals surface area (Å²) in [6.07, 6.45) is 0. The van der Waals surface area contributed by atoms with Crippen molar-refractivity contribution in [3.8, 4) is 34.0 Å². The first-order valence-electron chi connectivity index (χ1n) is 17.7. The average Bonchev–Trinajstić information content (AvgIpc) is 3.71. The Morgan fingerprint density at radius 3 is 1.56 bits per heavy atom. The number of aromatic nitrogens is 4. The molecule has 0 amide bonds. The number of hydrogen-bond donors (Lipinski definition) is 0. The van der Waals surface area contributed by atoms with Crippen LogP contribution in [0, 0.1) is 0 Å². The van der Waals surface area contributed by atoms with Crippen molar-refractivity contribution in [2.75, 3.05) is 0 Å². The number of para-hydroxylation sites is 4. The molecular formula is C48H30N4. The molecule has 0 unspecified atom stereocenters. The van der Waals surface area contributed by atoms with Gasteiger partial charge in [0.1, 0.15) is 0 Å². The van der Waals surface area contributed by atoms with Crippen LogP contribution in [0.15, 0.2) is 182 Å². The van der Waals surface area contributed by atoms with Crippen molar-refractivity contribution in [1.29, 1.82) is 0 Å². The van der Waals surface area contributed by atoms with Crippen LogP contribution in [0.2, 0.25) is 0 Å². The van der Waals surface area contributed by atoms with Gasteiger partial charge < -0.3 is 9.13 Å². The van der Waals surface area contributed by atoms with E-state index in [-0.39, 0.29) is 0 Å². The third-order valence-electron chi connectivity index (χ3n) is 10.5. The second-order valence-electron chi connectivity index (χ2n) is 13.4. The SMILES string of the molecule is c1ccc(-n2c3ccccc3c3cc4c(cc32)c2ccccc2n4-c2ccc(-c3nc(-c4ccc5ccccc5c4)c4ccccc4n3)cc2)cc1. The minimum absolute atomic E-state index is 0.714. The molecular weight excluding hydrogens is 633 g/mol. The van der Waals surface area contributed by atoms with Crippen LogP contribution in [0.25, 0.3) is 99.3 Å². The van der Waals surface area contributed by atoms with Crippen molar-refractivity contribution in [2.24, 2.45) is 0 Å². The fourth-order valence-corrected chi connectivity index (χ4v) is 8.09. The molecule has 4 nitrogen and oxygen atoms in total. The van der Waals surface area contributed by atoms with Gasteiger partial charge in [0, 0.05) is 49.4 Å². The second kappa shape index (κ2) is 11.2. The topological polar surface area (TPSA) is 35.6 Å². The quantitative estimate of drug-likeness (QED) is 0.188. The van der Waals surface area contributed by atoms with Crippen LogP contribution in [0.5, 0.6) is 0 Å². The summed E-state index contributed by atoms with van der Waals surface area (Å²) in [4.78, 5) is 10.3. The summed E-state index contributed by atoms with van der Waals surface area (Å²) in [5, 5.41) is 8.39. The van der Waals surface area contributed by atoms with Gasteiger partial charge in [-0.05, 0) is 83.6 Å². The predicted molar refractivity (Wildman–Crippen MR) is 217 cm³/mol. The Morgan fingerprint density at radius 1 is 0.327 bits per heavy atom. The number of rotatable bonds is 4. The molecule has 0 radical (unpaired) electrons. The van der Waals surface area contributed by atoms with Crippen LogP contribution in [-0.2, 0) is 0 Å². The fraction of sp³-hybridized carbons (Fsp3) is 0. The van der Waals surface area contributed by atoms with Gasteiger partial charge in [0.25, 0.3) is 0 Å². The molecule has 0 N–H and O–H groups in total. The Morgan fingerprint density at radius 2 is 0.865 bits per heavy atom. The summed E-state index contributed by atoms with van der Waals surface area (Å²) in [5.41, 5.74) is 10.9. The molecule has 0 spiro atoms. The third-order valence-corrected chi connectivity index (χ3v) is 10.5. The smallest absolute Gasteiger partial charge is 0.160 e. The number of fused-ring (bicyclic) bond motifs is 8. The molecule has 4 heteroatoms. The van der Waals surface area contributed by atoms with Gasteiger partial charge >= 0.3 is 0 Å². The molecule has 0 fully saturated rings. The Labute approximate surface area is 299 Å². The molecule has 0 bridgehead atoms. The summed E-state index contributed by atoms with van der Waals surface area (Å²) < 4.78 is 4.78. The van der Waals surface area contributed by atoms with Crippen molar-refractivity contribution in [2.45, 2.75) is 0 Å². The summed E-state index contributed by atoms with van der Waals surface area (Å²) in [6.45, 7) is 0. The molecule has 0 aliphatic rings. The molecule has 242 valence electrons.